The van der Waals surface area contributed by atoms with E-state index in [0.717, 1.165) is 50.8 Å². The number of anilines is 3. The number of para-hydroxylation sites is 2. The van der Waals surface area contributed by atoms with Crippen molar-refractivity contribution in [1.29, 1.82) is 0 Å². The van der Waals surface area contributed by atoms with Gasteiger partial charge in [-0.25, -0.2) is 0 Å². The first-order valence-corrected chi connectivity index (χ1v) is 21.1. The lowest BCUT2D eigenvalue weighted by Gasteiger charge is -2.39. The Labute approximate surface area is 351 Å². The molecule has 0 saturated heterocycles. The van der Waals surface area contributed by atoms with Crippen LogP contribution >= 0.6 is 22.9 Å². The summed E-state index contributed by atoms with van der Waals surface area (Å²) in [5, 5.41) is 3.22. The fraction of sp³-hybridized carbons (Fsp3) is 0.0182. The normalized spacial score (nSPS) is 14.7. The van der Waals surface area contributed by atoms with E-state index in [1.54, 1.807) is 0 Å². The Morgan fingerprint density at radius 2 is 1.08 bits per heavy atom. The molecule has 2 heterocycles. The highest BCUT2D eigenvalue weighted by atomic mass is 35.5. The Balaban J connectivity index is 1.03. The van der Waals surface area contributed by atoms with Gasteiger partial charge in [0.1, 0.15) is 11.5 Å². The molecular weight excluding hydrogens is 758 g/mol. The molecule has 278 valence electrons. The highest BCUT2D eigenvalue weighted by Crippen LogP contribution is 2.62. The van der Waals surface area contributed by atoms with E-state index < -0.39 is 5.41 Å². The lowest BCUT2D eigenvalue weighted by molar-refractivity contribution is 0.436. The smallest absolute Gasteiger partial charge is 0.132 e. The van der Waals surface area contributed by atoms with Crippen molar-refractivity contribution in [3.63, 3.8) is 0 Å². The number of thiophene rings is 1. The van der Waals surface area contributed by atoms with Gasteiger partial charge in [-0.05, 0) is 111 Å². The van der Waals surface area contributed by atoms with Crippen LogP contribution in [0.2, 0.25) is 5.02 Å². The van der Waals surface area contributed by atoms with Crippen molar-refractivity contribution in [3.05, 3.63) is 234 Å². The Bertz CT molecular complexity index is 3260. The minimum Gasteiger partial charge on any atom is -0.457 e. The number of ether oxygens (including phenoxy) is 1. The van der Waals surface area contributed by atoms with Gasteiger partial charge in [-0.2, -0.15) is 0 Å². The van der Waals surface area contributed by atoms with E-state index in [2.05, 4.69) is 199 Å². The summed E-state index contributed by atoms with van der Waals surface area (Å²) in [6, 6.07) is 74.2. The largest absolute Gasteiger partial charge is 0.457 e. The minimum atomic E-state index is -0.596. The van der Waals surface area contributed by atoms with Crippen molar-refractivity contribution >= 4 is 60.2 Å². The molecule has 10 aromatic rings. The van der Waals surface area contributed by atoms with Gasteiger partial charge in [-0.1, -0.05) is 151 Å². The summed E-state index contributed by atoms with van der Waals surface area (Å²) in [5.74, 6) is 1.70. The molecule has 9 aromatic carbocycles. The number of hydrogen-bond donors (Lipinski definition) is 0. The van der Waals surface area contributed by atoms with Gasteiger partial charge in [0, 0.05) is 47.7 Å². The lowest BCUT2D eigenvalue weighted by atomic mass is 9.66. The lowest BCUT2D eigenvalue weighted by Crippen LogP contribution is -2.32. The molecule has 0 amide bonds. The molecule has 2 nitrogen and oxygen atoms in total. The number of nitrogens with zero attached hydrogens (tertiary/aromatic N) is 1. The fourth-order valence-electron chi connectivity index (χ4n) is 9.70. The Kier molecular flexibility index (Phi) is 7.71. The van der Waals surface area contributed by atoms with Crippen molar-refractivity contribution in [3.8, 4) is 44.9 Å². The maximum atomic E-state index is 6.81. The van der Waals surface area contributed by atoms with Crippen LogP contribution in [0, 0.1) is 0 Å². The molecule has 0 saturated carbocycles. The van der Waals surface area contributed by atoms with Crippen LogP contribution in [-0.4, -0.2) is 0 Å². The molecule has 59 heavy (non-hydrogen) atoms. The third kappa shape index (κ3) is 5.12. The van der Waals surface area contributed by atoms with E-state index in [9.17, 15) is 0 Å². The van der Waals surface area contributed by atoms with Gasteiger partial charge >= 0.3 is 0 Å². The summed E-state index contributed by atoms with van der Waals surface area (Å²) >= 11 is 8.68. The molecule has 4 heteroatoms. The number of halogens is 1. The zero-order chi connectivity index (χ0) is 39.1. The van der Waals surface area contributed by atoms with E-state index in [4.69, 9.17) is 16.3 Å². The standard InChI is InChI=1S/C55H34ClNOS/c56-38-26-32-51-48(34-38)55(46-20-10-11-21-50(46)58-51)45-19-9-7-17-42(45)43-29-25-37(33-47(43)55)35-23-27-40(28-24-35)57(39-15-5-2-6-16-39)49-31-30-41(36-13-3-1-4-14-36)54-53(49)44-18-8-12-22-52(44)59-54/h1-34H. The third-order valence-electron chi connectivity index (χ3n) is 12.2. The molecule has 0 radical (unpaired) electrons. The fourth-order valence-corrected chi connectivity index (χ4v) is 11.1. The molecule has 1 aromatic heterocycles. The maximum Gasteiger partial charge on any atom is 0.132 e. The average molecular weight is 792 g/mol. The summed E-state index contributed by atoms with van der Waals surface area (Å²) in [6.45, 7) is 0. The van der Waals surface area contributed by atoms with Crippen LogP contribution in [0.4, 0.5) is 17.1 Å². The third-order valence-corrected chi connectivity index (χ3v) is 13.6. The summed E-state index contributed by atoms with van der Waals surface area (Å²) in [7, 11) is 0. The van der Waals surface area contributed by atoms with Crippen LogP contribution < -0.4 is 9.64 Å². The van der Waals surface area contributed by atoms with Crippen LogP contribution in [0.15, 0.2) is 206 Å². The van der Waals surface area contributed by atoms with E-state index in [0.29, 0.717) is 5.02 Å². The average Bonchev–Trinajstić information content (AvgIpc) is 3.82. The van der Waals surface area contributed by atoms with Crippen molar-refractivity contribution in [2.75, 3.05) is 4.90 Å². The molecule has 1 unspecified atom stereocenters. The Morgan fingerprint density at radius 3 is 1.93 bits per heavy atom. The molecule has 2 aliphatic rings. The van der Waals surface area contributed by atoms with Crippen LogP contribution in [0.5, 0.6) is 11.5 Å². The van der Waals surface area contributed by atoms with Crippen molar-refractivity contribution in [2.24, 2.45) is 0 Å². The quantitative estimate of drug-likeness (QED) is 0.172. The van der Waals surface area contributed by atoms with Crippen LogP contribution in [0.3, 0.4) is 0 Å². The Morgan fingerprint density at radius 1 is 0.441 bits per heavy atom. The van der Waals surface area contributed by atoms with Gasteiger partial charge in [0.05, 0.1) is 11.1 Å². The summed E-state index contributed by atoms with van der Waals surface area (Å²) in [4.78, 5) is 2.41. The molecule has 12 rings (SSSR count). The second kappa shape index (κ2) is 13.3. The van der Waals surface area contributed by atoms with E-state index in [-0.39, 0.29) is 0 Å². The molecule has 1 spiro atoms. The molecule has 0 bridgehead atoms. The van der Waals surface area contributed by atoms with Gasteiger partial charge in [-0.15, -0.1) is 11.3 Å². The summed E-state index contributed by atoms with van der Waals surface area (Å²) in [5.41, 5.74) is 14.7. The first kappa shape index (κ1) is 34.2. The highest BCUT2D eigenvalue weighted by molar-refractivity contribution is 7.26. The van der Waals surface area contributed by atoms with E-state index in [1.807, 2.05) is 23.5 Å². The van der Waals surface area contributed by atoms with Crippen molar-refractivity contribution < 1.29 is 4.74 Å². The van der Waals surface area contributed by atoms with Gasteiger partial charge in [0.2, 0.25) is 0 Å². The SMILES string of the molecule is Clc1ccc2c(c1)C1(c3ccccc3O2)c2ccccc2-c2ccc(-c3ccc(N(c4ccccc4)c4ccc(-c5ccccc5)c5sc6ccccc6c45)cc3)cc21. The molecule has 1 aliphatic heterocycles. The van der Waals surface area contributed by atoms with Crippen molar-refractivity contribution in [1.82, 2.24) is 0 Å². The van der Waals surface area contributed by atoms with Crippen LogP contribution in [0.25, 0.3) is 53.6 Å². The second-order valence-electron chi connectivity index (χ2n) is 15.3. The summed E-state index contributed by atoms with van der Waals surface area (Å²) < 4.78 is 9.16. The Hall–Kier alpha value is -6.91. The highest BCUT2D eigenvalue weighted by Gasteiger charge is 2.51. The minimum absolute atomic E-state index is 0.596. The molecule has 0 N–H and O–H groups in total. The monoisotopic (exact) mass is 791 g/mol. The molecular formula is C55H34ClNOS. The molecule has 1 aliphatic carbocycles. The summed E-state index contributed by atoms with van der Waals surface area (Å²) in [6.07, 6.45) is 0. The van der Waals surface area contributed by atoms with Crippen LogP contribution in [0.1, 0.15) is 22.3 Å². The number of benzene rings is 9. The van der Waals surface area contributed by atoms with Gasteiger partial charge in [0.15, 0.2) is 0 Å². The maximum absolute atomic E-state index is 6.81. The molecule has 0 fully saturated rings. The van der Waals surface area contributed by atoms with Gasteiger partial charge < -0.3 is 9.64 Å². The van der Waals surface area contributed by atoms with E-state index >= 15 is 0 Å². The second-order valence-corrected chi connectivity index (χ2v) is 16.8. The first-order chi connectivity index (χ1) is 29.2. The van der Waals surface area contributed by atoms with Gasteiger partial charge in [-0.3, -0.25) is 0 Å². The zero-order valence-corrected chi connectivity index (χ0v) is 33.3. The molecule has 1 atom stereocenters. The predicted octanol–water partition coefficient (Wildman–Crippen LogP) is 16.0. The zero-order valence-electron chi connectivity index (χ0n) is 31.8. The van der Waals surface area contributed by atoms with Gasteiger partial charge in [0.25, 0.3) is 0 Å². The number of fused-ring (bicyclic) bond motifs is 12. The van der Waals surface area contributed by atoms with Crippen LogP contribution in [-0.2, 0) is 5.41 Å². The number of hydrogen-bond acceptors (Lipinski definition) is 3. The van der Waals surface area contributed by atoms with Crippen molar-refractivity contribution in [2.45, 2.75) is 5.41 Å². The first-order valence-electron chi connectivity index (χ1n) is 19.9. The topological polar surface area (TPSA) is 12.5 Å². The van der Waals surface area contributed by atoms with E-state index in [1.165, 1.54) is 53.6 Å². The predicted molar refractivity (Wildman–Crippen MR) is 247 cm³/mol. The number of rotatable bonds is 5.